The maximum atomic E-state index is 13.9. The molecule has 0 bridgehead atoms. The monoisotopic (exact) mass is 298 g/mol. The van der Waals surface area contributed by atoms with Gasteiger partial charge in [0.25, 0.3) is 5.91 Å². The number of rotatable bonds is 3. The lowest BCUT2D eigenvalue weighted by Gasteiger charge is -2.35. The number of hydrogen-bond acceptors (Lipinski definition) is 2. The lowest BCUT2D eigenvalue weighted by atomic mass is 9.90. The molecular formula is C15H20ClFN2O. The van der Waals surface area contributed by atoms with E-state index in [1.54, 1.807) is 11.0 Å². The van der Waals surface area contributed by atoms with Crippen molar-refractivity contribution in [3.05, 3.63) is 34.6 Å². The van der Waals surface area contributed by atoms with Crippen molar-refractivity contribution in [1.82, 2.24) is 4.90 Å². The number of amides is 1. The molecule has 0 radical (unpaired) electrons. The third kappa shape index (κ3) is 3.13. The largest absolute Gasteiger partial charge is 0.336 e. The Kier molecular flexibility index (Phi) is 5.00. The molecule has 1 amide bonds. The predicted octanol–water partition coefficient (Wildman–Crippen LogP) is 3.21. The molecule has 1 aromatic rings. The van der Waals surface area contributed by atoms with Crippen LogP contribution in [0, 0.1) is 5.82 Å². The van der Waals surface area contributed by atoms with Gasteiger partial charge in [-0.15, -0.1) is 0 Å². The highest BCUT2D eigenvalue weighted by atomic mass is 35.5. The van der Waals surface area contributed by atoms with E-state index in [0.29, 0.717) is 6.54 Å². The molecule has 2 rings (SSSR count). The summed E-state index contributed by atoms with van der Waals surface area (Å²) in [6.07, 6.45) is 3.54. The minimum atomic E-state index is -0.562. The van der Waals surface area contributed by atoms with Crippen LogP contribution >= 0.6 is 11.6 Å². The normalized spacial score (nSPS) is 22.6. The molecule has 0 aromatic heterocycles. The molecule has 0 unspecified atom stereocenters. The highest BCUT2D eigenvalue weighted by molar-refractivity contribution is 6.33. The molecule has 1 aliphatic carbocycles. The average molecular weight is 299 g/mol. The van der Waals surface area contributed by atoms with Gasteiger partial charge >= 0.3 is 0 Å². The fourth-order valence-corrected chi connectivity index (χ4v) is 3.07. The number of carbonyl (C=O) groups is 1. The lowest BCUT2D eigenvalue weighted by Crippen LogP contribution is -2.44. The van der Waals surface area contributed by atoms with E-state index in [1.165, 1.54) is 12.1 Å². The number of halogens is 2. The summed E-state index contributed by atoms with van der Waals surface area (Å²) in [7, 11) is 0. The van der Waals surface area contributed by atoms with Crippen LogP contribution < -0.4 is 5.73 Å². The summed E-state index contributed by atoms with van der Waals surface area (Å²) >= 11 is 5.98. The Bertz CT molecular complexity index is 467. The van der Waals surface area contributed by atoms with Gasteiger partial charge in [0.2, 0.25) is 0 Å². The molecule has 110 valence electrons. The second-order valence-corrected chi connectivity index (χ2v) is 5.66. The molecule has 0 spiro atoms. The first-order chi connectivity index (χ1) is 9.54. The fourth-order valence-electron chi connectivity index (χ4n) is 2.83. The molecule has 1 aromatic carbocycles. The summed E-state index contributed by atoms with van der Waals surface area (Å²) < 4.78 is 13.9. The standard InChI is InChI=1S/C15H20ClFN2O/c1-2-19(11-8-6-10(18)7-9-11)15(20)14-12(16)4-3-5-13(14)17/h3-5,10-11H,2,6-9,18H2,1H3. The van der Waals surface area contributed by atoms with Crippen molar-refractivity contribution >= 4 is 17.5 Å². The fraction of sp³-hybridized carbons (Fsp3) is 0.533. The summed E-state index contributed by atoms with van der Waals surface area (Å²) in [6, 6.07) is 4.66. The predicted molar refractivity (Wildman–Crippen MR) is 78.4 cm³/mol. The second-order valence-electron chi connectivity index (χ2n) is 5.26. The lowest BCUT2D eigenvalue weighted by molar-refractivity contribution is 0.0636. The maximum absolute atomic E-state index is 13.9. The Balaban J connectivity index is 2.21. The zero-order valence-corrected chi connectivity index (χ0v) is 12.4. The first-order valence-electron chi connectivity index (χ1n) is 7.05. The van der Waals surface area contributed by atoms with E-state index in [2.05, 4.69) is 0 Å². The third-order valence-electron chi connectivity index (χ3n) is 3.96. The zero-order valence-electron chi connectivity index (χ0n) is 11.6. The topological polar surface area (TPSA) is 46.3 Å². The van der Waals surface area contributed by atoms with Crippen molar-refractivity contribution in [3.63, 3.8) is 0 Å². The molecule has 0 aliphatic heterocycles. The number of hydrogen-bond donors (Lipinski definition) is 1. The number of carbonyl (C=O) groups excluding carboxylic acids is 1. The van der Waals surface area contributed by atoms with E-state index in [4.69, 9.17) is 17.3 Å². The molecule has 0 atom stereocenters. The van der Waals surface area contributed by atoms with Gasteiger partial charge in [-0.25, -0.2) is 4.39 Å². The van der Waals surface area contributed by atoms with E-state index in [-0.39, 0.29) is 28.6 Å². The minimum absolute atomic E-state index is 0.0223. The molecule has 2 N–H and O–H groups in total. The Morgan fingerprint density at radius 1 is 1.40 bits per heavy atom. The van der Waals surface area contributed by atoms with Crippen molar-refractivity contribution in [2.75, 3.05) is 6.54 Å². The van der Waals surface area contributed by atoms with Crippen LogP contribution in [0.5, 0.6) is 0 Å². The Hall–Kier alpha value is -1.13. The van der Waals surface area contributed by atoms with Gasteiger partial charge in [0.05, 0.1) is 10.6 Å². The maximum Gasteiger partial charge on any atom is 0.258 e. The van der Waals surface area contributed by atoms with Crippen LogP contribution in [0.4, 0.5) is 4.39 Å². The number of nitrogens with zero attached hydrogens (tertiary/aromatic N) is 1. The first kappa shape index (κ1) is 15.3. The van der Waals surface area contributed by atoms with Crippen LogP contribution in [0.25, 0.3) is 0 Å². The summed E-state index contributed by atoms with van der Waals surface area (Å²) in [4.78, 5) is 14.3. The van der Waals surface area contributed by atoms with Gasteiger partial charge in [0.1, 0.15) is 5.82 Å². The van der Waals surface area contributed by atoms with Crippen LogP contribution in [0.3, 0.4) is 0 Å². The number of benzene rings is 1. The van der Waals surface area contributed by atoms with Gasteiger partial charge in [-0.3, -0.25) is 4.79 Å². The smallest absolute Gasteiger partial charge is 0.258 e. The van der Waals surface area contributed by atoms with Crippen LogP contribution in [-0.2, 0) is 0 Å². The average Bonchev–Trinajstić information content (AvgIpc) is 2.41. The van der Waals surface area contributed by atoms with Gasteiger partial charge in [-0.1, -0.05) is 17.7 Å². The van der Waals surface area contributed by atoms with Crippen molar-refractivity contribution < 1.29 is 9.18 Å². The van der Waals surface area contributed by atoms with Crippen molar-refractivity contribution in [3.8, 4) is 0 Å². The van der Waals surface area contributed by atoms with Crippen LogP contribution in [0.15, 0.2) is 18.2 Å². The molecule has 0 heterocycles. The first-order valence-corrected chi connectivity index (χ1v) is 7.43. The quantitative estimate of drug-likeness (QED) is 0.931. The van der Waals surface area contributed by atoms with E-state index in [9.17, 15) is 9.18 Å². The van der Waals surface area contributed by atoms with Gasteiger partial charge in [0, 0.05) is 18.6 Å². The SMILES string of the molecule is CCN(C(=O)c1c(F)cccc1Cl)C1CCC(N)CC1. The summed E-state index contributed by atoms with van der Waals surface area (Å²) in [5.41, 5.74) is 5.87. The second kappa shape index (κ2) is 6.55. The summed E-state index contributed by atoms with van der Waals surface area (Å²) in [5.74, 6) is -0.885. The van der Waals surface area contributed by atoms with Crippen LogP contribution in [-0.4, -0.2) is 29.4 Å². The molecule has 20 heavy (non-hydrogen) atoms. The molecule has 1 saturated carbocycles. The van der Waals surface area contributed by atoms with Crippen LogP contribution in [0.1, 0.15) is 43.0 Å². The Labute approximate surface area is 123 Å². The van der Waals surface area contributed by atoms with Crippen LogP contribution in [0.2, 0.25) is 5.02 Å². The van der Waals surface area contributed by atoms with E-state index in [1.807, 2.05) is 6.92 Å². The zero-order chi connectivity index (χ0) is 14.7. The molecule has 1 aliphatic rings. The number of nitrogens with two attached hydrogens (primary N) is 1. The summed E-state index contributed by atoms with van der Waals surface area (Å²) in [6.45, 7) is 2.45. The minimum Gasteiger partial charge on any atom is -0.336 e. The Morgan fingerprint density at radius 3 is 2.60 bits per heavy atom. The molecule has 0 saturated heterocycles. The summed E-state index contributed by atoms with van der Waals surface area (Å²) in [5, 5.41) is 0.168. The highest BCUT2D eigenvalue weighted by Gasteiger charge is 2.29. The van der Waals surface area contributed by atoms with Crippen molar-refractivity contribution in [2.24, 2.45) is 5.73 Å². The molecular weight excluding hydrogens is 279 g/mol. The van der Waals surface area contributed by atoms with Gasteiger partial charge in [-0.05, 0) is 44.7 Å². The van der Waals surface area contributed by atoms with E-state index < -0.39 is 5.82 Å². The van der Waals surface area contributed by atoms with Crippen molar-refractivity contribution in [1.29, 1.82) is 0 Å². The van der Waals surface area contributed by atoms with E-state index >= 15 is 0 Å². The molecule has 3 nitrogen and oxygen atoms in total. The van der Waals surface area contributed by atoms with Gasteiger partial charge < -0.3 is 10.6 Å². The Morgan fingerprint density at radius 2 is 2.05 bits per heavy atom. The molecule has 5 heteroatoms. The third-order valence-corrected chi connectivity index (χ3v) is 4.28. The molecule has 1 fully saturated rings. The van der Waals surface area contributed by atoms with Crippen molar-refractivity contribution in [2.45, 2.75) is 44.7 Å². The van der Waals surface area contributed by atoms with Gasteiger partial charge in [0.15, 0.2) is 0 Å². The highest BCUT2D eigenvalue weighted by Crippen LogP contribution is 2.26. The van der Waals surface area contributed by atoms with E-state index in [0.717, 1.165) is 25.7 Å². The van der Waals surface area contributed by atoms with Gasteiger partial charge in [-0.2, -0.15) is 0 Å².